The van der Waals surface area contributed by atoms with Crippen molar-refractivity contribution >= 4 is 11.8 Å². The van der Waals surface area contributed by atoms with Crippen LogP contribution in [0.1, 0.15) is 18.5 Å². The number of carboxylic acid groups (broad SMARTS) is 1. The lowest BCUT2D eigenvalue weighted by molar-refractivity contribution is -0.142. The van der Waals surface area contributed by atoms with Crippen LogP contribution < -0.4 is 5.32 Å². The lowest BCUT2D eigenvalue weighted by Crippen LogP contribution is -2.28. The van der Waals surface area contributed by atoms with E-state index in [9.17, 15) is 23.1 Å². The number of aliphatic hydroxyl groups excluding tert-OH is 1. The van der Waals surface area contributed by atoms with E-state index in [2.05, 4.69) is 15.5 Å². The van der Waals surface area contributed by atoms with Gasteiger partial charge in [-0.25, -0.2) is 0 Å². The van der Waals surface area contributed by atoms with Crippen molar-refractivity contribution in [3.05, 3.63) is 17.8 Å². The van der Waals surface area contributed by atoms with E-state index < -0.39 is 35.9 Å². The summed E-state index contributed by atoms with van der Waals surface area (Å²) < 4.78 is 36.9. The average molecular weight is 291 g/mol. The number of nitrogens with one attached hydrogen (secondary N) is 1. The first-order valence-corrected chi connectivity index (χ1v) is 5.85. The molecule has 1 fully saturated rings. The molecule has 3 N–H and O–H groups in total. The highest BCUT2D eigenvalue weighted by Gasteiger charge is 2.37. The lowest BCUT2D eigenvalue weighted by Gasteiger charge is -2.16. The third kappa shape index (κ3) is 3.16. The molecular weight excluding hydrogens is 279 g/mol. The Morgan fingerprint density at radius 3 is 2.45 bits per heavy atom. The van der Waals surface area contributed by atoms with Crippen LogP contribution in [-0.2, 0) is 11.0 Å². The number of hydrogen-bond donors (Lipinski definition) is 3. The molecule has 0 saturated heterocycles. The number of nitrogens with zero attached hydrogens (tertiary/aromatic N) is 2. The molecule has 1 aromatic heterocycles. The zero-order valence-electron chi connectivity index (χ0n) is 10.1. The number of halogens is 3. The maximum Gasteiger partial charge on any atom is 0.435 e. The van der Waals surface area contributed by atoms with Crippen LogP contribution in [0, 0.1) is 5.92 Å². The van der Waals surface area contributed by atoms with Crippen LogP contribution in [-0.4, -0.2) is 38.5 Å². The quantitative estimate of drug-likeness (QED) is 0.772. The summed E-state index contributed by atoms with van der Waals surface area (Å²) in [5.74, 6) is -1.62. The molecule has 0 radical (unpaired) electrons. The minimum atomic E-state index is -4.56. The topological polar surface area (TPSA) is 95.3 Å². The summed E-state index contributed by atoms with van der Waals surface area (Å²) in [6.07, 6.45) is -5.17. The second-order valence-corrected chi connectivity index (χ2v) is 4.63. The van der Waals surface area contributed by atoms with Crippen molar-refractivity contribution in [1.82, 2.24) is 10.2 Å². The third-order valence-corrected chi connectivity index (χ3v) is 3.17. The molecule has 20 heavy (non-hydrogen) atoms. The van der Waals surface area contributed by atoms with Gasteiger partial charge < -0.3 is 15.5 Å². The normalized spacial score (nSPS) is 26.5. The molecule has 1 aromatic rings. The van der Waals surface area contributed by atoms with Gasteiger partial charge in [0.15, 0.2) is 5.69 Å². The monoisotopic (exact) mass is 291 g/mol. The van der Waals surface area contributed by atoms with Crippen LogP contribution in [0.25, 0.3) is 0 Å². The van der Waals surface area contributed by atoms with Crippen molar-refractivity contribution in [3.63, 3.8) is 0 Å². The summed E-state index contributed by atoms with van der Waals surface area (Å²) in [5.41, 5.74) is -1.11. The summed E-state index contributed by atoms with van der Waals surface area (Å²) in [4.78, 5) is 10.8. The van der Waals surface area contributed by atoms with Gasteiger partial charge >= 0.3 is 12.1 Å². The largest absolute Gasteiger partial charge is 0.481 e. The minimum Gasteiger partial charge on any atom is -0.481 e. The van der Waals surface area contributed by atoms with Gasteiger partial charge in [-0.05, 0) is 25.0 Å². The number of anilines is 1. The molecule has 3 atom stereocenters. The van der Waals surface area contributed by atoms with E-state index >= 15 is 0 Å². The van der Waals surface area contributed by atoms with E-state index in [1.165, 1.54) is 0 Å². The van der Waals surface area contributed by atoms with Crippen LogP contribution in [0.5, 0.6) is 0 Å². The standard InChI is InChI=1S/C11H12F3N3O3/c12-11(13,14)8-1-2-9(17-16-8)15-6-3-5(10(19)20)4-7(6)18/h1-2,5-7,18H,3-4H2,(H,15,17)(H,19,20). The number of aliphatic carboxylic acids is 1. The van der Waals surface area contributed by atoms with E-state index in [1.54, 1.807) is 0 Å². The molecule has 2 rings (SSSR count). The summed E-state index contributed by atoms with van der Waals surface area (Å²) in [5, 5.41) is 27.7. The SMILES string of the molecule is O=C(O)C1CC(O)C(Nc2ccc(C(F)(F)F)nn2)C1. The first-order valence-electron chi connectivity index (χ1n) is 5.85. The van der Waals surface area contributed by atoms with Gasteiger partial charge in [-0.15, -0.1) is 10.2 Å². The molecule has 1 saturated carbocycles. The van der Waals surface area contributed by atoms with Crippen LogP contribution >= 0.6 is 0 Å². The molecule has 0 bridgehead atoms. The van der Waals surface area contributed by atoms with Gasteiger partial charge in [0.05, 0.1) is 18.1 Å². The van der Waals surface area contributed by atoms with Crippen molar-refractivity contribution in [2.45, 2.75) is 31.2 Å². The van der Waals surface area contributed by atoms with E-state index in [-0.39, 0.29) is 18.7 Å². The minimum absolute atomic E-state index is 0.0630. The first-order chi connectivity index (χ1) is 9.27. The van der Waals surface area contributed by atoms with Crippen LogP contribution in [0.2, 0.25) is 0 Å². The zero-order chi connectivity index (χ0) is 14.9. The smallest absolute Gasteiger partial charge is 0.435 e. The van der Waals surface area contributed by atoms with Crippen molar-refractivity contribution in [3.8, 4) is 0 Å². The molecule has 9 heteroatoms. The van der Waals surface area contributed by atoms with E-state index in [0.29, 0.717) is 0 Å². The van der Waals surface area contributed by atoms with Crippen LogP contribution in [0.15, 0.2) is 12.1 Å². The van der Waals surface area contributed by atoms with Gasteiger partial charge in [0, 0.05) is 0 Å². The Labute approximate surface area is 111 Å². The number of rotatable bonds is 3. The van der Waals surface area contributed by atoms with Crippen LogP contribution in [0.3, 0.4) is 0 Å². The highest BCUT2D eigenvalue weighted by atomic mass is 19.4. The summed E-state index contributed by atoms with van der Waals surface area (Å²) in [7, 11) is 0. The number of carbonyl (C=O) groups is 1. The molecule has 0 spiro atoms. The van der Waals surface area contributed by atoms with Gasteiger partial charge in [0.1, 0.15) is 5.82 Å². The third-order valence-electron chi connectivity index (χ3n) is 3.17. The highest BCUT2D eigenvalue weighted by molar-refractivity contribution is 5.70. The molecule has 1 heterocycles. The fraction of sp³-hybridized carbons (Fsp3) is 0.545. The molecule has 0 aliphatic heterocycles. The van der Waals surface area contributed by atoms with Crippen molar-refractivity contribution in [1.29, 1.82) is 0 Å². The maximum atomic E-state index is 12.3. The number of aromatic nitrogens is 2. The lowest BCUT2D eigenvalue weighted by atomic mass is 10.1. The maximum absolute atomic E-state index is 12.3. The fourth-order valence-electron chi connectivity index (χ4n) is 2.12. The van der Waals surface area contributed by atoms with Crippen molar-refractivity contribution in [2.24, 2.45) is 5.92 Å². The molecule has 0 aromatic carbocycles. The summed E-state index contributed by atoms with van der Waals surface area (Å²) in [6.45, 7) is 0. The van der Waals surface area contributed by atoms with Gasteiger partial charge in [-0.1, -0.05) is 0 Å². The predicted octanol–water partition coefficient (Wildman–Crippen LogP) is 1.13. The Kier molecular flexibility index (Phi) is 3.80. The Hall–Kier alpha value is -1.90. The number of hydrogen-bond acceptors (Lipinski definition) is 5. The average Bonchev–Trinajstić information content (AvgIpc) is 2.71. The van der Waals surface area contributed by atoms with Gasteiger partial charge in [-0.2, -0.15) is 13.2 Å². The Balaban J connectivity index is 2.02. The Bertz CT molecular complexity index is 492. The van der Waals surface area contributed by atoms with E-state index in [1.807, 2.05) is 0 Å². The highest BCUT2D eigenvalue weighted by Crippen LogP contribution is 2.30. The molecule has 3 unspecified atom stereocenters. The molecular formula is C11H12F3N3O3. The van der Waals surface area contributed by atoms with Crippen LogP contribution in [0.4, 0.5) is 19.0 Å². The zero-order valence-corrected chi connectivity index (χ0v) is 10.1. The van der Waals surface area contributed by atoms with Gasteiger partial charge in [0.25, 0.3) is 0 Å². The second-order valence-electron chi connectivity index (χ2n) is 4.63. The molecule has 1 aliphatic carbocycles. The first kappa shape index (κ1) is 14.5. The summed E-state index contributed by atoms with van der Waals surface area (Å²) >= 11 is 0. The second kappa shape index (κ2) is 5.23. The van der Waals surface area contributed by atoms with Crippen molar-refractivity contribution in [2.75, 3.05) is 5.32 Å². The molecule has 0 amide bonds. The van der Waals surface area contributed by atoms with E-state index in [4.69, 9.17) is 5.11 Å². The van der Waals surface area contributed by atoms with Gasteiger partial charge in [-0.3, -0.25) is 4.79 Å². The van der Waals surface area contributed by atoms with E-state index in [0.717, 1.165) is 12.1 Å². The summed E-state index contributed by atoms with van der Waals surface area (Å²) in [6, 6.07) is 1.30. The predicted molar refractivity (Wildman–Crippen MR) is 60.8 cm³/mol. The van der Waals surface area contributed by atoms with Gasteiger partial charge in [0.2, 0.25) is 0 Å². The van der Waals surface area contributed by atoms with Crippen molar-refractivity contribution < 1.29 is 28.2 Å². The number of aliphatic hydroxyl groups is 1. The Morgan fingerprint density at radius 1 is 1.30 bits per heavy atom. The molecule has 6 nitrogen and oxygen atoms in total. The fourth-order valence-corrected chi connectivity index (χ4v) is 2.12. The molecule has 1 aliphatic rings. The Morgan fingerprint density at radius 2 is 2.00 bits per heavy atom. The number of alkyl halides is 3. The molecule has 110 valence electrons. The number of carboxylic acids is 1.